The van der Waals surface area contributed by atoms with E-state index in [-0.39, 0.29) is 6.61 Å². The molecule has 0 aliphatic carbocycles. The molecule has 0 atom stereocenters. The molecule has 0 spiro atoms. The van der Waals surface area contributed by atoms with Gasteiger partial charge in [0.25, 0.3) is 0 Å². The van der Waals surface area contributed by atoms with Crippen LogP contribution in [-0.2, 0) is 6.61 Å². The van der Waals surface area contributed by atoms with Crippen molar-refractivity contribution in [2.24, 2.45) is 0 Å². The molecule has 0 aliphatic rings. The van der Waals surface area contributed by atoms with Crippen LogP contribution in [0.5, 0.6) is 5.88 Å². The van der Waals surface area contributed by atoms with Gasteiger partial charge >= 0.3 is 0 Å². The molecule has 0 fully saturated rings. The summed E-state index contributed by atoms with van der Waals surface area (Å²) in [7, 11) is 0. The van der Waals surface area contributed by atoms with Crippen LogP contribution in [0.3, 0.4) is 0 Å². The van der Waals surface area contributed by atoms with E-state index in [2.05, 4.69) is 4.98 Å². The highest BCUT2D eigenvalue weighted by molar-refractivity contribution is 7.12. The fourth-order valence-electron chi connectivity index (χ4n) is 1.30. The van der Waals surface area contributed by atoms with E-state index in [0.29, 0.717) is 15.6 Å². The Bertz CT molecular complexity index is 574. The van der Waals surface area contributed by atoms with Crippen molar-refractivity contribution in [3.8, 4) is 11.9 Å². The first-order valence-electron chi connectivity index (χ1n) is 4.94. The number of hydrogen-bond donors (Lipinski definition) is 0. The van der Waals surface area contributed by atoms with E-state index in [9.17, 15) is 4.39 Å². The molecule has 0 unspecified atom stereocenters. The van der Waals surface area contributed by atoms with Crippen LogP contribution < -0.4 is 4.74 Å². The molecule has 0 amide bonds. The quantitative estimate of drug-likeness (QED) is 0.838. The predicted molar refractivity (Wildman–Crippen MR) is 62.3 cm³/mol. The summed E-state index contributed by atoms with van der Waals surface area (Å²) in [6.07, 6.45) is 0. The number of pyridine rings is 1. The second kappa shape index (κ2) is 4.93. The normalized spacial score (nSPS) is 9.94. The zero-order chi connectivity index (χ0) is 12.3. The van der Waals surface area contributed by atoms with Crippen molar-refractivity contribution in [2.45, 2.75) is 13.5 Å². The Labute approximate surface area is 102 Å². The van der Waals surface area contributed by atoms with E-state index in [4.69, 9.17) is 10.00 Å². The number of halogens is 1. The minimum atomic E-state index is -0.404. The number of hydrogen-bond acceptors (Lipinski definition) is 4. The van der Waals surface area contributed by atoms with Gasteiger partial charge in [-0.1, -0.05) is 6.07 Å². The van der Waals surface area contributed by atoms with Gasteiger partial charge in [0.15, 0.2) is 0 Å². The number of aromatic nitrogens is 1. The summed E-state index contributed by atoms with van der Waals surface area (Å²) in [5.41, 5.74) is 0.840. The zero-order valence-corrected chi connectivity index (χ0v) is 9.92. The summed E-state index contributed by atoms with van der Waals surface area (Å²) in [6, 6.07) is 8.51. The van der Waals surface area contributed by atoms with Gasteiger partial charge in [0.05, 0.1) is 4.88 Å². The van der Waals surface area contributed by atoms with Crippen LogP contribution in [0.25, 0.3) is 0 Å². The third kappa shape index (κ3) is 2.80. The molecule has 2 heterocycles. The maximum absolute atomic E-state index is 13.3. The molecule has 0 saturated carbocycles. The van der Waals surface area contributed by atoms with Crippen LogP contribution in [0, 0.1) is 24.1 Å². The van der Waals surface area contributed by atoms with Crippen LogP contribution in [0.4, 0.5) is 4.39 Å². The lowest BCUT2D eigenvalue weighted by Crippen LogP contribution is -1.97. The monoisotopic (exact) mass is 248 g/mol. The van der Waals surface area contributed by atoms with Gasteiger partial charge in [0, 0.05) is 17.8 Å². The third-order valence-corrected chi connectivity index (χ3v) is 3.07. The van der Waals surface area contributed by atoms with Crippen molar-refractivity contribution >= 4 is 11.3 Å². The summed E-state index contributed by atoms with van der Waals surface area (Å²) in [6.45, 7) is 1.95. The molecule has 5 heteroatoms. The maximum Gasteiger partial charge on any atom is 0.213 e. The van der Waals surface area contributed by atoms with Gasteiger partial charge in [0.2, 0.25) is 5.88 Å². The molecule has 0 bridgehead atoms. The third-order valence-electron chi connectivity index (χ3n) is 2.08. The molecule has 0 radical (unpaired) electrons. The first-order valence-corrected chi connectivity index (χ1v) is 5.75. The molecule has 17 heavy (non-hydrogen) atoms. The predicted octanol–water partition coefficient (Wildman–Crippen LogP) is 3.04. The zero-order valence-electron chi connectivity index (χ0n) is 9.11. The SMILES string of the molecule is Cc1cccc(OCc2sc(C#N)cc2F)n1. The van der Waals surface area contributed by atoms with Crippen molar-refractivity contribution in [1.82, 2.24) is 4.98 Å². The molecule has 2 aromatic rings. The smallest absolute Gasteiger partial charge is 0.213 e. The lowest BCUT2D eigenvalue weighted by Gasteiger charge is -2.03. The van der Waals surface area contributed by atoms with Gasteiger partial charge < -0.3 is 4.74 Å². The van der Waals surface area contributed by atoms with Crippen molar-refractivity contribution in [1.29, 1.82) is 5.26 Å². The first kappa shape index (κ1) is 11.6. The molecule has 2 aromatic heterocycles. The fourth-order valence-corrected chi connectivity index (χ4v) is 2.05. The van der Waals surface area contributed by atoms with Crippen molar-refractivity contribution < 1.29 is 9.13 Å². The molecule has 3 nitrogen and oxygen atoms in total. The van der Waals surface area contributed by atoms with E-state index < -0.39 is 5.82 Å². The Morgan fingerprint density at radius 3 is 3.00 bits per heavy atom. The van der Waals surface area contributed by atoms with E-state index in [1.54, 1.807) is 6.07 Å². The first-order chi connectivity index (χ1) is 8.19. The van der Waals surface area contributed by atoms with Crippen molar-refractivity contribution in [3.63, 3.8) is 0 Å². The summed E-state index contributed by atoms with van der Waals surface area (Å²) in [4.78, 5) is 4.89. The van der Waals surface area contributed by atoms with E-state index in [1.165, 1.54) is 6.07 Å². The highest BCUT2D eigenvalue weighted by Gasteiger charge is 2.09. The minimum absolute atomic E-state index is 0.0919. The van der Waals surface area contributed by atoms with E-state index in [0.717, 1.165) is 17.0 Å². The summed E-state index contributed by atoms with van der Waals surface area (Å²) in [5, 5.41) is 8.64. The largest absolute Gasteiger partial charge is 0.472 e. The number of nitriles is 1. The topological polar surface area (TPSA) is 45.9 Å². The average molecular weight is 248 g/mol. The van der Waals surface area contributed by atoms with Crippen molar-refractivity contribution in [3.05, 3.63) is 45.5 Å². The minimum Gasteiger partial charge on any atom is -0.472 e. The van der Waals surface area contributed by atoms with E-state index >= 15 is 0 Å². The Hall–Kier alpha value is -1.93. The van der Waals surface area contributed by atoms with Crippen LogP contribution in [-0.4, -0.2) is 4.98 Å². The molecule has 0 aromatic carbocycles. The Morgan fingerprint density at radius 2 is 2.35 bits per heavy atom. The second-order valence-corrected chi connectivity index (χ2v) is 4.54. The molecule has 0 aliphatic heterocycles. The van der Waals surface area contributed by atoms with Gasteiger partial charge in [0.1, 0.15) is 23.4 Å². The van der Waals surface area contributed by atoms with Crippen LogP contribution in [0.15, 0.2) is 24.3 Å². The summed E-state index contributed by atoms with van der Waals surface area (Å²) in [5.74, 6) is 0.0514. The average Bonchev–Trinajstić information content (AvgIpc) is 2.68. The molecule has 0 saturated heterocycles. The number of thiophene rings is 1. The Balaban J connectivity index is 2.07. The Kier molecular flexibility index (Phi) is 3.35. The van der Waals surface area contributed by atoms with Crippen LogP contribution in [0.2, 0.25) is 0 Å². The maximum atomic E-state index is 13.3. The lowest BCUT2D eigenvalue weighted by molar-refractivity contribution is 0.291. The van der Waals surface area contributed by atoms with Gasteiger partial charge in [-0.3, -0.25) is 0 Å². The van der Waals surface area contributed by atoms with Crippen LogP contribution in [0.1, 0.15) is 15.4 Å². The van der Waals surface area contributed by atoms with Gasteiger partial charge in [-0.2, -0.15) is 5.26 Å². The molecule has 2 rings (SSSR count). The van der Waals surface area contributed by atoms with Gasteiger partial charge in [-0.05, 0) is 13.0 Å². The fraction of sp³-hybridized carbons (Fsp3) is 0.167. The number of aryl methyl sites for hydroxylation is 1. The highest BCUT2D eigenvalue weighted by Crippen LogP contribution is 2.22. The van der Waals surface area contributed by atoms with Crippen LogP contribution >= 0.6 is 11.3 Å². The summed E-state index contributed by atoms with van der Waals surface area (Å²) < 4.78 is 18.7. The number of nitrogens with zero attached hydrogens (tertiary/aromatic N) is 2. The highest BCUT2D eigenvalue weighted by atomic mass is 32.1. The number of ether oxygens (including phenoxy) is 1. The second-order valence-electron chi connectivity index (χ2n) is 3.40. The molecular formula is C12H9FN2OS. The standard InChI is InChI=1S/C12H9FN2OS/c1-8-3-2-4-12(15-8)16-7-11-10(13)5-9(6-14)17-11/h2-5H,7H2,1H3. The molecule has 0 N–H and O–H groups in total. The van der Waals surface area contributed by atoms with Crippen molar-refractivity contribution in [2.75, 3.05) is 0 Å². The molecular weight excluding hydrogens is 239 g/mol. The molecule has 86 valence electrons. The van der Waals surface area contributed by atoms with E-state index in [1.807, 2.05) is 25.1 Å². The van der Waals surface area contributed by atoms with Gasteiger partial charge in [-0.25, -0.2) is 9.37 Å². The number of rotatable bonds is 3. The Morgan fingerprint density at radius 1 is 1.53 bits per heavy atom. The lowest BCUT2D eigenvalue weighted by atomic mass is 10.4. The summed E-state index contributed by atoms with van der Waals surface area (Å²) >= 11 is 1.09. The van der Waals surface area contributed by atoms with Gasteiger partial charge in [-0.15, -0.1) is 11.3 Å².